The molecule has 0 amide bonds. The molecule has 0 saturated heterocycles. The number of aryl methyl sites for hydroxylation is 1. The van der Waals surface area contributed by atoms with Gasteiger partial charge in [-0.2, -0.15) is 0 Å². The van der Waals surface area contributed by atoms with Crippen molar-refractivity contribution in [3.8, 4) is 17.2 Å². The van der Waals surface area contributed by atoms with Crippen molar-refractivity contribution in [2.24, 2.45) is 17.8 Å². The van der Waals surface area contributed by atoms with Gasteiger partial charge in [-0.05, 0) is 98.9 Å². The van der Waals surface area contributed by atoms with Crippen LogP contribution >= 0.6 is 0 Å². The minimum absolute atomic E-state index is 0.0214. The maximum atomic E-state index is 12.8. The highest BCUT2D eigenvalue weighted by molar-refractivity contribution is 6.09. The fourth-order valence-electron chi connectivity index (χ4n) is 7.30. The Morgan fingerprint density at radius 3 is 1.85 bits per heavy atom. The Morgan fingerprint density at radius 2 is 1.29 bits per heavy atom. The summed E-state index contributed by atoms with van der Waals surface area (Å²) in [6.45, 7) is 2.02. The molecule has 3 nitrogen and oxygen atoms in total. The van der Waals surface area contributed by atoms with Crippen molar-refractivity contribution >= 4 is 5.78 Å². The lowest BCUT2D eigenvalue weighted by atomic mass is 9.48. The van der Waals surface area contributed by atoms with Crippen LogP contribution in [0, 0.1) is 24.7 Å². The summed E-state index contributed by atoms with van der Waals surface area (Å²) in [5.74, 6) is 5.14. The maximum Gasteiger partial charge on any atom is 0.193 e. The van der Waals surface area contributed by atoms with E-state index in [1.54, 1.807) is 7.11 Å². The zero-order valence-electron chi connectivity index (χ0n) is 20.1. The number of hydrogen-bond acceptors (Lipinski definition) is 3. The van der Waals surface area contributed by atoms with Crippen LogP contribution < -0.4 is 9.47 Å². The summed E-state index contributed by atoms with van der Waals surface area (Å²) in [5, 5.41) is 0. The molecule has 4 fully saturated rings. The van der Waals surface area contributed by atoms with Gasteiger partial charge in [-0.3, -0.25) is 4.79 Å². The molecular weight excluding hydrogens is 420 g/mol. The van der Waals surface area contributed by atoms with E-state index in [2.05, 4.69) is 12.1 Å². The molecule has 0 heterocycles. The number of ketones is 1. The number of carbonyl (C=O) groups is 1. The summed E-state index contributed by atoms with van der Waals surface area (Å²) in [5.41, 5.74) is 4.16. The fraction of sp³-hybridized carbons (Fsp3) is 0.387. The van der Waals surface area contributed by atoms with Crippen molar-refractivity contribution in [2.75, 3.05) is 7.11 Å². The Bertz CT molecular complexity index is 1170. The van der Waals surface area contributed by atoms with Crippen molar-refractivity contribution in [2.45, 2.75) is 50.9 Å². The maximum absolute atomic E-state index is 12.8. The quantitative estimate of drug-likeness (QED) is 0.363. The van der Waals surface area contributed by atoms with Gasteiger partial charge in [0.2, 0.25) is 0 Å². The Morgan fingerprint density at radius 1 is 0.765 bits per heavy atom. The Kier molecular flexibility index (Phi) is 5.24. The minimum Gasteiger partial charge on any atom is -0.496 e. The highest BCUT2D eigenvalue weighted by Gasteiger charge is 2.52. The van der Waals surface area contributed by atoms with Crippen molar-refractivity contribution in [3.63, 3.8) is 0 Å². The highest BCUT2D eigenvalue weighted by atomic mass is 16.5. The lowest BCUT2D eigenvalue weighted by Crippen LogP contribution is -2.48. The molecule has 34 heavy (non-hydrogen) atoms. The molecule has 3 aromatic rings. The van der Waals surface area contributed by atoms with Crippen LogP contribution in [0.2, 0.25) is 0 Å². The molecule has 174 valence electrons. The monoisotopic (exact) mass is 452 g/mol. The molecule has 4 bridgehead atoms. The van der Waals surface area contributed by atoms with Crippen LogP contribution in [-0.2, 0) is 5.41 Å². The summed E-state index contributed by atoms with van der Waals surface area (Å²) >= 11 is 0. The lowest BCUT2D eigenvalue weighted by Gasteiger charge is -2.57. The van der Waals surface area contributed by atoms with Crippen LogP contribution in [0.25, 0.3) is 0 Å². The van der Waals surface area contributed by atoms with Gasteiger partial charge in [0.05, 0.1) is 7.11 Å². The van der Waals surface area contributed by atoms with Crippen LogP contribution in [0.4, 0.5) is 0 Å². The second-order valence-corrected chi connectivity index (χ2v) is 10.9. The number of rotatable bonds is 6. The third-order valence-corrected chi connectivity index (χ3v) is 8.45. The van der Waals surface area contributed by atoms with E-state index in [9.17, 15) is 4.79 Å². The van der Waals surface area contributed by atoms with Crippen LogP contribution in [0.1, 0.15) is 65.6 Å². The van der Waals surface area contributed by atoms with Gasteiger partial charge < -0.3 is 9.47 Å². The molecule has 3 heteroatoms. The zero-order valence-corrected chi connectivity index (χ0v) is 20.1. The molecule has 4 saturated carbocycles. The van der Waals surface area contributed by atoms with Crippen LogP contribution in [0.15, 0.2) is 66.7 Å². The van der Waals surface area contributed by atoms with E-state index in [0.29, 0.717) is 16.9 Å². The molecule has 0 unspecified atom stereocenters. The highest BCUT2D eigenvalue weighted by Crippen LogP contribution is 2.62. The third kappa shape index (κ3) is 3.81. The van der Waals surface area contributed by atoms with Gasteiger partial charge >= 0.3 is 0 Å². The molecule has 0 spiro atoms. The lowest BCUT2D eigenvalue weighted by molar-refractivity contribution is -0.00617. The SMILES string of the molecule is COc1cc(Oc2ccc(C(=O)c3ccc(C)cc3)cc2)ccc1C12CC3CC(CC(C3)C1)C2. The van der Waals surface area contributed by atoms with Gasteiger partial charge in [-0.25, -0.2) is 0 Å². The predicted molar refractivity (Wildman–Crippen MR) is 134 cm³/mol. The van der Waals surface area contributed by atoms with Crippen molar-refractivity contribution in [1.82, 2.24) is 0 Å². The van der Waals surface area contributed by atoms with Crippen molar-refractivity contribution < 1.29 is 14.3 Å². The Hall–Kier alpha value is -3.07. The average Bonchev–Trinajstić information content (AvgIpc) is 2.83. The smallest absolute Gasteiger partial charge is 0.193 e. The summed E-state index contributed by atoms with van der Waals surface area (Å²) in [6.07, 6.45) is 8.24. The summed E-state index contributed by atoms with van der Waals surface area (Å²) in [6, 6.07) is 21.4. The Labute approximate surface area is 202 Å². The Balaban J connectivity index is 1.21. The first-order chi connectivity index (χ1) is 16.5. The van der Waals surface area contributed by atoms with Gasteiger partial charge in [0.1, 0.15) is 17.2 Å². The molecule has 4 aliphatic rings. The largest absolute Gasteiger partial charge is 0.496 e. The first-order valence-corrected chi connectivity index (χ1v) is 12.6. The van der Waals surface area contributed by atoms with Gasteiger partial charge in [0.25, 0.3) is 0 Å². The average molecular weight is 453 g/mol. The molecule has 0 N–H and O–H groups in total. The topological polar surface area (TPSA) is 35.5 Å². The molecule has 0 aliphatic heterocycles. The number of ether oxygens (including phenoxy) is 2. The number of carbonyl (C=O) groups excluding carboxylic acids is 1. The molecule has 0 aromatic heterocycles. The van der Waals surface area contributed by atoms with E-state index >= 15 is 0 Å². The standard InChI is InChI=1S/C31H32O3/c1-20-3-5-24(6-4-20)30(32)25-7-9-26(10-8-25)34-27-11-12-28(29(16-27)33-2)31-17-21-13-22(18-31)15-23(14-21)19-31/h3-12,16,21-23H,13-15,17-19H2,1-2H3. The van der Waals surface area contributed by atoms with E-state index < -0.39 is 0 Å². The molecule has 0 atom stereocenters. The van der Waals surface area contributed by atoms with Gasteiger partial charge in [0, 0.05) is 22.8 Å². The molecule has 4 aliphatic carbocycles. The van der Waals surface area contributed by atoms with E-state index in [0.717, 1.165) is 34.8 Å². The van der Waals surface area contributed by atoms with E-state index in [1.807, 2.05) is 61.5 Å². The van der Waals surface area contributed by atoms with Gasteiger partial charge in [0.15, 0.2) is 5.78 Å². The molecule has 3 aromatic carbocycles. The summed E-state index contributed by atoms with van der Waals surface area (Å²) < 4.78 is 12.1. The van der Waals surface area contributed by atoms with E-state index in [-0.39, 0.29) is 11.2 Å². The second-order valence-electron chi connectivity index (χ2n) is 10.9. The number of benzene rings is 3. The van der Waals surface area contributed by atoms with E-state index in [4.69, 9.17) is 9.47 Å². The minimum atomic E-state index is 0.0214. The third-order valence-electron chi connectivity index (χ3n) is 8.45. The second kappa shape index (κ2) is 8.30. The van der Waals surface area contributed by atoms with Crippen LogP contribution in [0.3, 0.4) is 0 Å². The first-order valence-electron chi connectivity index (χ1n) is 12.6. The first kappa shape index (κ1) is 21.5. The van der Waals surface area contributed by atoms with Crippen LogP contribution in [-0.4, -0.2) is 12.9 Å². The molecule has 7 rings (SSSR count). The summed E-state index contributed by atoms with van der Waals surface area (Å²) in [7, 11) is 1.77. The predicted octanol–water partition coefficient (Wildman–Crippen LogP) is 7.49. The van der Waals surface area contributed by atoms with E-state index in [1.165, 1.54) is 44.1 Å². The van der Waals surface area contributed by atoms with Gasteiger partial charge in [-0.15, -0.1) is 0 Å². The van der Waals surface area contributed by atoms with Crippen LogP contribution in [0.5, 0.6) is 17.2 Å². The summed E-state index contributed by atoms with van der Waals surface area (Å²) in [4.78, 5) is 12.8. The molecule has 0 radical (unpaired) electrons. The molecular formula is C31H32O3. The normalized spacial score (nSPS) is 26.9. The zero-order chi connectivity index (χ0) is 23.3. The van der Waals surface area contributed by atoms with Gasteiger partial charge in [-0.1, -0.05) is 35.9 Å². The number of hydrogen-bond donors (Lipinski definition) is 0. The number of methoxy groups -OCH3 is 1. The fourth-order valence-corrected chi connectivity index (χ4v) is 7.30. The van der Waals surface area contributed by atoms with Crippen molar-refractivity contribution in [1.29, 1.82) is 0 Å². The van der Waals surface area contributed by atoms with Crippen molar-refractivity contribution in [3.05, 3.63) is 89.0 Å².